The number of aromatic nitrogens is 1. The maximum absolute atomic E-state index is 9.30. The molecule has 3 rings (SSSR count). The molecular formula is C18H15N3. The summed E-state index contributed by atoms with van der Waals surface area (Å²) in [4.78, 5) is 4.56. The van der Waals surface area contributed by atoms with Gasteiger partial charge in [0.1, 0.15) is 11.9 Å². The van der Waals surface area contributed by atoms with E-state index in [0.717, 1.165) is 10.9 Å². The molecule has 1 N–H and O–H groups in total. The summed E-state index contributed by atoms with van der Waals surface area (Å²) in [7, 11) is 0. The largest absolute Gasteiger partial charge is 0.365 e. The van der Waals surface area contributed by atoms with Gasteiger partial charge in [-0.25, -0.2) is 4.98 Å². The average molecular weight is 273 g/mol. The Kier molecular flexibility index (Phi) is 3.53. The maximum Gasteiger partial charge on any atom is 0.144 e. The van der Waals surface area contributed by atoms with E-state index in [0.29, 0.717) is 17.9 Å². The van der Waals surface area contributed by atoms with Crippen molar-refractivity contribution in [1.82, 2.24) is 4.98 Å². The van der Waals surface area contributed by atoms with Crippen LogP contribution in [0.4, 0.5) is 5.82 Å². The van der Waals surface area contributed by atoms with E-state index in [1.54, 1.807) is 0 Å². The van der Waals surface area contributed by atoms with Crippen molar-refractivity contribution in [3.63, 3.8) is 0 Å². The van der Waals surface area contributed by atoms with E-state index in [2.05, 4.69) is 35.4 Å². The normalized spacial score (nSPS) is 10.3. The summed E-state index contributed by atoms with van der Waals surface area (Å²) >= 11 is 0. The first-order valence-corrected chi connectivity index (χ1v) is 6.86. The van der Waals surface area contributed by atoms with Gasteiger partial charge in [-0.1, -0.05) is 42.5 Å². The van der Waals surface area contributed by atoms with Gasteiger partial charge >= 0.3 is 0 Å². The number of para-hydroxylation sites is 1. The minimum absolute atomic E-state index is 0.572. The molecule has 3 aromatic rings. The van der Waals surface area contributed by atoms with Crippen LogP contribution in [-0.4, -0.2) is 4.98 Å². The minimum atomic E-state index is 0.572. The summed E-state index contributed by atoms with van der Waals surface area (Å²) in [5.74, 6) is 0.638. The number of nitriles is 1. The zero-order chi connectivity index (χ0) is 14.7. The minimum Gasteiger partial charge on any atom is -0.365 e. The lowest BCUT2D eigenvalue weighted by atomic mass is 10.1. The smallest absolute Gasteiger partial charge is 0.144 e. The molecule has 3 heteroatoms. The number of pyridine rings is 1. The molecule has 0 aliphatic rings. The van der Waals surface area contributed by atoms with Gasteiger partial charge in [-0.15, -0.1) is 0 Å². The van der Waals surface area contributed by atoms with Crippen molar-refractivity contribution in [2.24, 2.45) is 0 Å². The number of hydrogen-bond donors (Lipinski definition) is 1. The predicted molar refractivity (Wildman–Crippen MR) is 85.0 cm³/mol. The number of nitrogens with zero attached hydrogens (tertiary/aromatic N) is 2. The Bertz CT molecular complexity index is 831. The van der Waals surface area contributed by atoms with Gasteiger partial charge in [-0.3, -0.25) is 0 Å². The third kappa shape index (κ3) is 2.70. The molecule has 3 nitrogen and oxygen atoms in total. The van der Waals surface area contributed by atoms with Gasteiger partial charge in [0.25, 0.3) is 0 Å². The highest BCUT2D eigenvalue weighted by atomic mass is 15.0. The molecule has 102 valence electrons. The Morgan fingerprint density at radius 2 is 1.86 bits per heavy atom. The lowest BCUT2D eigenvalue weighted by Gasteiger charge is -2.10. The van der Waals surface area contributed by atoms with Gasteiger partial charge in [-0.05, 0) is 30.2 Å². The highest BCUT2D eigenvalue weighted by Gasteiger charge is 2.06. The molecule has 0 amide bonds. The van der Waals surface area contributed by atoms with Crippen LogP contribution < -0.4 is 5.32 Å². The summed E-state index contributed by atoms with van der Waals surface area (Å²) in [5.41, 5.74) is 3.90. The van der Waals surface area contributed by atoms with Gasteiger partial charge in [0.15, 0.2) is 0 Å². The van der Waals surface area contributed by atoms with Gasteiger partial charge in [0.2, 0.25) is 0 Å². The first-order chi connectivity index (χ1) is 10.3. The molecule has 1 aromatic heterocycles. The van der Waals surface area contributed by atoms with E-state index in [1.807, 2.05) is 42.5 Å². The van der Waals surface area contributed by atoms with Crippen LogP contribution in [0.2, 0.25) is 0 Å². The van der Waals surface area contributed by atoms with E-state index < -0.39 is 0 Å². The average Bonchev–Trinajstić information content (AvgIpc) is 2.53. The van der Waals surface area contributed by atoms with Gasteiger partial charge in [-0.2, -0.15) is 5.26 Å². The van der Waals surface area contributed by atoms with E-state index >= 15 is 0 Å². The summed E-state index contributed by atoms with van der Waals surface area (Å²) in [6.45, 7) is 2.74. The van der Waals surface area contributed by atoms with Crippen molar-refractivity contribution in [1.29, 1.82) is 5.26 Å². The van der Waals surface area contributed by atoms with Gasteiger partial charge in [0, 0.05) is 11.9 Å². The Hall–Kier alpha value is -2.86. The molecule has 0 saturated carbocycles. The number of rotatable bonds is 3. The third-order valence-corrected chi connectivity index (χ3v) is 3.55. The van der Waals surface area contributed by atoms with Gasteiger partial charge < -0.3 is 5.32 Å². The quantitative estimate of drug-likeness (QED) is 0.783. The molecule has 0 bridgehead atoms. The number of aryl methyl sites for hydroxylation is 1. The van der Waals surface area contributed by atoms with E-state index in [-0.39, 0.29) is 0 Å². The van der Waals surface area contributed by atoms with E-state index in [4.69, 9.17) is 0 Å². The first-order valence-electron chi connectivity index (χ1n) is 6.86. The molecule has 0 radical (unpaired) electrons. The van der Waals surface area contributed by atoms with Crippen LogP contribution in [0.25, 0.3) is 10.9 Å². The fourth-order valence-corrected chi connectivity index (χ4v) is 2.32. The van der Waals surface area contributed by atoms with Crippen molar-refractivity contribution < 1.29 is 0 Å². The van der Waals surface area contributed by atoms with Crippen LogP contribution in [0.1, 0.15) is 16.7 Å². The van der Waals surface area contributed by atoms with Gasteiger partial charge in [0.05, 0.1) is 11.1 Å². The van der Waals surface area contributed by atoms with Crippen LogP contribution >= 0.6 is 0 Å². The summed E-state index contributed by atoms with van der Waals surface area (Å²) < 4.78 is 0. The Balaban J connectivity index is 1.93. The number of hydrogen-bond acceptors (Lipinski definition) is 3. The maximum atomic E-state index is 9.30. The SMILES string of the molecule is Cc1ccccc1CNc1nc2ccccc2cc1C#N. The number of benzene rings is 2. The van der Waals surface area contributed by atoms with E-state index in [1.165, 1.54) is 11.1 Å². The molecule has 21 heavy (non-hydrogen) atoms. The molecule has 0 aliphatic carbocycles. The highest BCUT2D eigenvalue weighted by molar-refractivity contribution is 5.82. The summed E-state index contributed by atoms with van der Waals surface area (Å²) in [6, 6.07) is 20.1. The second kappa shape index (κ2) is 5.64. The molecule has 0 unspecified atom stereocenters. The number of nitrogens with one attached hydrogen (secondary N) is 1. The monoisotopic (exact) mass is 273 g/mol. The van der Waals surface area contributed by atoms with Crippen LogP contribution in [0.15, 0.2) is 54.6 Å². The fourth-order valence-electron chi connectivity index (χ4n) is 2.32. The van der Waals surface area contributed by atoms with Crippen LogP contribution in [0.3, 0.4) is 0 Å². The zero-order valence-corrected chi connectivity index (χ0v) is 11.8. The highest BCUT2D eigenvalue weighted by Crippen LogP contribution is 2.20. The van der Waals surface area contributed by atoms with E-state index in [9.17, 15) is 5.26 Å². The molecule has 0 spiro atoms. The molecule has 1 heterocycles. The Labute approximate surface area is 123 Å². The summed E-state index contributed by atoms with van der Waals surface area (Å²) in [5, 5.41) is 13.6. The Morgan fingerprint density at radius 3 is 2.67 bits per heavy atom. The topological polar surface area (TPSA) is 48.7 Å². The predicted octanol–water partition coefficient (Wildman–Crippen LogP) is 4.03. The second-order valence-electron chi connectivity index (χ2n) is 4.97. The lowest BCUT2D eigenvalue weighted by molar-refractivity contribution is 1.09. The number of anilines is 1. The van der Waals surface area contributed by atoms with Crippen LogP contribution in [0, 0.1) is 18.3 Å². The molecule has 0 fully saturated rings. The Morgan fingerprint density at radius 1 is 1.10 bits per heavy atom. The second-order valence-corrected chi connectivity index (χ2v) is 4.97. The molecule has 0 saturated heterocycles. The molecule has 0 aliphatic heterocycles. The van der Waals surface area contributed by atoms with Crippen LogP contribution in [0.5, 0.6) is 0 Å². The summed E-state index contributed by atoms with van der Waals surface area (Å²) in [6.07, 6.45) is 0. The standard InChI is InChI=1S/C18H15N3/c1-13-6-2-3-8-15(13)12-20-18-16(11-19)10-14-7-4-5-9-17(14)21-18/h2-10H,12H2,1H3,(H,20,21). The molecule has 2 aromatic carbocycles. The lowest BCUT2D eigenvalue weighted by Crippen LogP contribution is -2.05. The van der Waals surface area contributed by atoms with Crippen molar-refractivity contribution in [3.05, 3.63) is 71.3 Å². The van der Waals surface area contributed by atoms with Crippen molar-refractivity contribution in [2.75, 3.05) is 5.32 Å². The zero-order valence-electron chi connectivity index (χ0n) is 11.8. The first kappa shape index (κ1) is 13.1. The fraction of sp³-hybridized carbons (Fsp3) is 0.111. The van der Waals surface area contributed by atoms with Crippen molar-refractivity contribution >= 4 is 16.7 Å². The third-order valence-electron chi connectivity index (χ3n) is 3.55. The van der Waals surface area contributed by atoms with Crippen molar-refractivity contribution in [2.45, 2.75) is 13.5 Å². The number of fused-ring (bicyclic) bond motifs is 1. The molecule has 0 atom stereocenters. The molecular weight excluding hydrogens is 258 g/mol. The van der Waals surface area contributed by atoms with Crippen LogP contribution in [-0.2, 0) is 6.54 Å². The van der Waals surface area contributed by atoms with Crippen molar-refractivity contribution in [3.8, 4) is 6.07 Å².